The molecule has 0 aliphatic carbocycles. The van der Waals surface area contributed by atoms with Crippen molar-refractivity contribution in [3.8, 4) is 44.5 Å². The van der Waals surface area contributed by atoms with Gasteiger partial charge >= 0.3 is 0 Å². The van der Waals surface area contributed by atoms with Crippen molar-refractivity contribution in [2.45, 2.75) is 0 Å². The van der Waals surface area contributed by atoms with Crippen LogP contribution >= 0.6 is 0 Å². The van der Waals surface area contributed by atoms with Crippen LogP contribution in [0.5, 0.6) is 0 Å². The Labute approximate surface area is 371 Å². The highest BCUT2D eigenvalue weighted by molar-refractivity contribution is 6.15. The minimum Gasteiger partial charge on any atom is -0.455 e. The third kappa shape index (κ3) is 6.20. The molecule has 0 aliphatic rings. The lowest BCUT2D eigenvalue weighted by Gasteiger charge is -2.28. The average Bonchev–Trinajstić information content (AvgIpc) is 3.79. The Bertz CT molecular complexity index is 4080. The van der Waals surface area contributed by atoms with E-state index in [9.17, 15) is 11.0 Å². The summed E-state index contributed by atoms with van der Waals surface area (Å²) in [6.45, 7) is 0. The van der Waals surface area contributed by atoms with Crippen LogP contribution in [0.25, 0.3) is 98.8 Å². The van der Waals surface area contributed by atoms with E-state index in [0.717, 1.165) is 59.8 Å². The summed E-state index contributed by atoms with van der Waals surface area (Å²) in [5.41, 5.74) is 5.60. The van der Waals surface area contributed by atoms with Crippen molar-refractivity contribution >= 4 is 71.3 Å². The molecular formula is C60H39NO. The van der Waals surface area contributed by atoms with Crippen molar-refractivity contribution in [2.24, 2.45) is 0 Å². The smallest absolute Gasteiger partial charge is 0.143 e. The van der Waals surface area contributed by atoms with Crippen molar-refractivity contribution in [2.75, 3.05) is 4.90 Å². The predicted molar refractivity (Wildman–Crippen MR) is 263 cm³/mol. The van der Waals surface area contributed by atoms with Gasteiger partial charge in [0, 0.05) is 33.1 Å². The van der Waals surface area contributed by atoms with Crippen LogP contribution in [-0.4, -0.2) is 0 Å². The summed E-state index contributed by atoms with van der Waals surface area (Å²) in [6.07, 6.45) is 0. The van der Waals surface area contributed by atoms with Gasteiger partial charge in [0.1, 0.15) is 11.2 Å². The molecule has 0 aliphatic heterocycles. The van der Waals surface area contributed by atoms with E-state index in [1.165, 1.54) is 4.90 Å². The van der Waals surface area contributed by atoms with Gasteiger partial charge < -0.3 is 9.32 Å². The van der Waals surface area contributed by atoms with Gasteiger partial charge in [-0.3, -0.25) is 0 Å². The van der Waals surface area contributed by atoms with Gasteiger partial charge in [0.15, 0.2) is 0 Å². The van der Waals surface area contributed by atoms with Gasteiger partial charge in [-0.2, -0.15) is 0 Å². The van der Waals surface area contributed by atoms with Crippen LogP contribution in [0.15, 0.2) is 241 Å². The summed E-state index contributed by atoms with van der Waals surface area (Å²) in [7, 11) is 0. The molecule has 1 heterocycles. The van der Waals surface area contributed by atoms with Crippen molar-refractivity contribution in [1.29, 1.82) is 0 Å². The second kappa shape index (κ2) is 14.8. The number of nitrogens with zero attached hydrogens (tertiary/aromatic N) is 1. The first kappa shape index (κ1) is 28.3. The number of hydrogen-bond donors (Lipinski definition) is 0. The van der Waals surface area contributed by atoms with Gasteiger partial charge in [0.2, 0.25) is 0 Å². The van der Waals surface area contributed by atoms with Gasteiger partial charge in [-0.25, -0.2) is 0 Å². The minimum absolute atomic E-state index is 0.0876. The fraction of sp³-hybridized carbons (Fsp3) is 0. The van der Waals surface area contributed by atoms with E-state index in [1.54, 1.807) is 24.3 Å². The fourth-order valence-corrected chi connectivity index (χ4v) is 8.72. The Morgan fingerprint density at radius 2 is 0.871 bits per heavy atom. The van der Waals surface area contributed by atoms with Gasteiger partial charge in [-0.1, -0.05) is 176 Å². The number of rotatable bonds is 7. The summed E-state index contributed by atoms with van der Waals surface area (Å²) in [5, 5.41) is 7.65. The molecule has 0 amide bonds. The number of fused-ring (bicyclic) bond motifs is 7. The van der Waals surface area contributed by atoms with Gasteiger partial charge in [-0.15, -0.1) is 0 Å². The summed E-state index contributed by atoms with van der Waals surface area (Å²) in [4.78, 5) is 1.39. The molecule has 12 aromatic rings. The number of para-hydroxylation sites is 2. The first-order valence-electron chi connectivity index (χ1n) is 24.6. The van der Waals surface area contributed by atoms with Gasteiger partial charge in [-0.05, 0) is 126 Å². The average molecular weight is 798 g/mol. The molecule has 1 aromatic heterocycles. The topological polar surface area (TPSA) is 16.4 Å². The lowest BCUT2D eigenvalue weighted by atomic mass is 9.95. The Kier molecular flexibility index (Phi) is 6.76. The molecule has 0 fully saturated rings. The summed E-state index contributed by atoms with van der Waals surface area (Å²) >= 11 is 0. The van der Waals surface area contributed by atoms with Crippen LogP contribution in [0.2, 0.25) is 0 Å². The molecule has 12 rings (SSSR count). The second-order valence-electron chi connectivity index (χ2n) is 15.4. The first-order chi connectivity index (χ1) is 34.1. The van der Waals surface area contributed by atoms with Crippen molar-refractivity contribution in [3.63, 3.8) is 0 Å². The molecule has 0 N–H and O–H groups in total. The molecule has 2 heteroatoms. The zero-order valence-electron chi connectivity index (χ0n) is 41.3. The lowest BCUT2D eigenvalue weighted by Crippen LogP contribution is -2.11. The van der Waals surface area contributed by atoms with Crippen molar-refractivity contribution in [1.82, 2.24) is 0 Å². The molecule has 11 aromatic carbocycles. The molecule has 0 atom stereocenters. The summed E-state index contributed by atoms with van der Waals surface area (Å²) in [5.74, 6) is 0. The molecule has 290 valence electrons. The lowest BCUT2D eigenvalue weighted by molar-refractivity contribution is 0.672. The highest BCUT2D eigenvalue weighted by Crippen LogP contribution is 2.44. The Hall–Kier alpha value is -8.20. The molecule has 0 saturated carbocycles. The first-order valence-corrected chi connectivity index (χ1v) is 20.6. The van der Waals surface area contributed by atoms with Gasteiger partial charge in [0.25, 0.3) is 0 Å². The zero-order chi connectivity index (χ0) is 47.9. The molecule has 0 unspecified atom stereocenters. The maximum absolute atomic E-state index is 9.84. The highest BCUT2D eigenvalue weighted by Gasteiger charge is 2.19. The fourth-order valence-electron chi connectivity index (χ4n) is 8.72. The highest BCUT2D eigenvalue weighted by atomic mass is 16.3. The van der Waals surface area contributed by atoms with E-state index in [2.05, 4.69) is 6.07 Å². The number of furan rings is 1. The van der Waals surface area contributed by atoms with Crippen LogP contribution < -0.4 is 4.90 Å². The van der Waals surface area contributed by atoms with E-state index < -0.39 is 24.2 Å². The van der Waals surface area contributed by atoms with Crippen LogP contribution in [0.1, 0.15) is 11.0 Å². The van der Waals surface area contributed by atoms with E-state index in [-0.39, 0.29) is 46.7 Å². The molecule has 0 spiro atoms. The molecule has 0 saturated heterocycles. The van der Waals surface area contributed by atoms with Crippen molar-refractivity contribution < 1.29 is 15.4 Å². The van der Waals surface area contributed by atoms with E-state index >= 15 is 0 Å². The minimum atomic E-state index is -0.417. The second-order valence-corrected chi connectivity index (χ2v) is 15.4. The normalized spacial score (nSPS) is 13.4. The number of hydrogen-bond acceptors (Lipinski definition) is 2. The van der Waals surface area contributed by atoms with Crippen LogP contribution in [0, 0.1) is 0 Å². The molecule has 0 bridgehead atoms. The van der Waals surface area contributed by atoms with E-state index in [1.807, 2.05) is 158 Å². The Balaban J connectivity index is 1.10. The zero-order valence-corrected chi connectivity index (χ0v) is 33.3. The maximum atomic E-state index is 9.84. The van der Waals surface area contributed by atoms with Crippen LogP contribution in [0.3, 0.4) is 0 Å². The predicted octanol–water partition coefficient (Wildman–Crippen LogP) is 17.2. The Morgan fingerprint density at radius 1 is 0.323 bits per heavy atom. The molecule has 62 heavy (non-hydrogen) atoms. The molecule has 0 radical (unpaired) electrons. The number of benzene rings is 11. The van der Waals surface area contributed by atoms with Gasteiger partial charge in [0.05, 0.1) is 16.7 Å². The van der Waals surface area contributed by atoms with Crippen LogP contribution in [0.4, 0.5) is 17.1 Å². The largest absolute Gasteiger partial charge is 0.455 e. The number of anilines is 3. The van der Waals surface area contributed by atoms with E-state index in [0.29, 0.717) is 33.5 Å². The quantitative estimate of drug-likeness (QED) is 0.160. The third-order valence-corrected chi connectivity index (χ3v) is 11.8. The monoisotopic (exact) mass is 797 g/mol. The molecular weight excluding hydrogens is 751 g/mol. The van der Waals surface area contributed by atoms with Crippen molar-refractivity contribution in [3.05, 3.63) is 236 Å². The SMILES string of the molecule is [2H]c1c([2H])c(N(c2ccccc2-c2ccc3ccc4c5ccccc5oc4c3c2)c2c([2H])c([2H])c(-c3ccc4ccccc4c3)c([2H])c2[2H])c([2H])c([2H])c1-c1cccc(-c2cccc3ccccc23)c1. The van der Waals surface area contributed by atoms with E-state index in [4.69, 9.17) is 4.42 Å². The Morgan fingerprint density at radius 3 is 1.69 bits per heavy atom. The standard InChI is InChI=1S/C60H39NO/c1-2-13-45-37-47(25-23-40(45)11-1)42-29-34-51(35-30-42)61(50-32-27-41(28-33-50)46-15-9-16-48(38-46)53-20-10-14-43-12-3-4-17-52(43)53)58-21-7-5-18-54(58)49-26-24-44-31-36-56-55-19-6-8-22-59(55)62-60(56)57(44)39-49/h1-39H/i27D,28D,29D,30D,32D,33D,34D,35D. The third-order valence-electron chi connectivity index (χ3n) is 11.8. The summed E-state index contributed by atoms with van der Waals surface area (Å²) < 4.78 is 84.1. The van der Waals surface area contributed by atoms with Crippen LogP contribution in [-0.2, 0) is 0 Å². The molecule has 2 nitrogen and oxygen atoms in total. The summed E-state index contributed by atoms with van der Waals surface area (Å²) in [6, 6.07) is 57.0. The maximum Gasteiger partial charge on any atom is 0.143 e.